The van der Waals surface area contributed by atoms with Gasteiger partial charge in [0.25, 0.3) is 2.86 Å². The van der Waals surface area contributed by atoms with Crippen LogP contribution < -0.4 is 5.22 Å². The molecule has 96 valence electrons. The fraction of sp³-hybridized carbons (Fsp3) is 0. The normalized spacial score (nSPS) is 14.9. The Labute approximate surface area is 118 Å². The quantitative estimate of drug-likeness (QED) is 0.739. The van der Waals surface area contributed by atoms with Gasteiger partial charge in [-0.2, -0.15) is 0 Å². The highest BCUT2D eigenvalue weighted by Crippen LogP contribution is 2.32. The van der Waals surface area contributed by atoms with E-state index < -0.39 is 0 Å². The van der Waals surface area contributed by atoms with Crippen LogP contribution in [0.15, 0.2) is 54.3 Å². The molecule has 0 unspecified atom stereocenters. The molecule has 0 spiro atoms. The highest BCUT2D eigenvalue weighted by molar-refractivity contribution is 6.13. The summed E-state index contributed by atoms with van der Waals surface area (Å²) in [6.45, 7) is 0. The van der Waals surface area contributed by atoms with Gasteiger partial charge in [-0.05, 0) is 45.8 Å². The van der Waals surface area contributed by atoms with E-state index in [-0.39, 0.29) is 0 Å². The molecule has 0 atom stereocenters. The SMILES string of the molecule is [2H]OC1=CC=c2c(cc3c(O[2H])ccc4cccc2c43)C=C1. The van der Waals surface area contributed by atoms with E-state index >= 15 is 0 Å². The first-order valence-electron chi connectivity index (χ1n) is 7.28. The van der Waals surface area contributed by atoms with Gasteiger partial charge in [-0.1, -0.05) is 36.4 Å². The number of allylic oxidation sites excluding steroid dienone is 2. The molecule has 20 heavy (non-hydrogen) atoms. The fourth-order valence-electron chi connectivity index (χ4n) is 2.86. The van der Waals surface area contributed by atoms with Crippen LogP contribution in [0.5, 0.6) is 5.75 Å². The molecule has 0 aromatic heterocycles. The maximum absolute atomic E-state index is 7.28. The van der Waals surface area contributed by atoms with Crippen molar-refractivity contribution in [3.8, 4) is 5.75 Å². The summed E-state index contributed by atoms with van der Waals surface area (Å²) >= 11 is 0. The number of phenolic OH excluding ortho intramolecular Hbond substituents is 1. The Morgan fingerprint density at radius 1 is 0.900 bits per heavy atom. The lowest BCUT2D eigenvalue weighted by atomic mass is 9.95. The van der Waals surface area contributed by atoms with Crippen LogP contribution in [0.4, 0.5) is 0 Å². The predicted octanol–water partition coefficient (Wildman–Crippen LogP) is 3.67. The molecule has 0 heterocycles. The van der Waals surface area contributed by atoms with Crippen molar-refractivity contribution in [2.24, 2.45) is 0 Å². The van der Waals surface area contributed by atoms with E-state index in [9.17, 15) is 0 Å². The monoisotopic (exact) mass is 262 g/mol. The number of fused-ring (bicyclic) bond motifs is 2. The number of aliphatic hydroxyl groups excluding tert-OH is 1. The lowest BCUT2D eigenvalue weighted by Gasteiger charge is -2.10. The van der Waals surface area contributed by atoms with Crippen molar-refractivity contribution in [2.75, 3.05) is 0 Å². The Balaban J connectivity index is 2.21. The summed E-state index contributed by atoms with van der Waals surface area (Å²) in [7, 11) is 0. The molecule has 4 rings (SSSR count). The smallest absolute Gasteiger partial charge is 0.293 e. The van der Waals surface area contributed by atoms with E-state index in [1.807, 2.05) is 36.4 Å². The molecule has 2 heteroatoms. The Morgan fingerprint density at radius 2 is 1.90 bits per heavy atom. The zero-order chi connectivity index (χ0) is 15.1. The Hall–Kier alpha value is -2.74. The van der Waals surface area contributed by atoms with Crippen molar-refractivity contribution in [1.82, 2.24) is 0 Å². The Kier molecular flexibility index (Phi) is 1.78. The molecular weight excluding hydrogens is 248 g/mol. The van der Waals surface area contributed by atoms with Crippen LogP contribution in [0.2, 0.25) is 0 Å². The van der Waals surface area contributed by atoms with Gasteiger partial charge in [-0.15, -0.1) is 0 Å². The standard InChI is InChI=1S/C18H12O2/c19-13-6-4-12-10-16-17(20)9-5-11-2-1-3-15(18(11)16)14(12)8-7-13/h1-10,19-20H/i/hD2. The van der Waals surface area contributed by atoms with Crippen LogP contribution in [-0.4, -0.2) is 11.6 Å². The number of benzene rings is 3. The van der Waals surface area contributed by atoms with Crippen molar-refractivity contribution < 1.29 is 10.2 Å². The highest BCUT2D eigenvalue weighted by Gasteiger charge is 2.10. The lowest BCUT2D eigenvalue weighted by Crippen LogP contribution is -2.07. The maximum Gasteiger partial charge on any atom is 0.293 e. The number of aliphatic hydroxyl groups is 1. The number of hydrogen-bond acceptors (Lipinski definition) is 2. The van der Waals surface area contributed by atoms with Crippen molar-refractivity contribution in [1.29, 1.82) is 2.86 Å². The van der Waals surface area contributed by atoms with Gasteiger partial charge in [0.2, 0.25) is 0 Å². The average Bonchev–Trinajstić information content (AvgIpc) is 2.78. The number of hydrogen-bond donors (Lipinski definition) is 2. The lowest BCUT2D eigenvalue weighted by molar-refractivity contribution is 0.434. The molecule has 3 aromatic carbocycles. The molecule has 3 aromatic rings. The summed E-state index contributed by atoms with van der Waals surface area (Å²) in [6, 6.07) is 11.9. The van der Waals surface area contributed by atoms with Crippen molar-refractivity contribution >= 4 is 33.7 Å². The maximum atomic E-state index is 7.28. The van der Waals surface area contributed by atoms with Crippen LogP contribution >= 0.6 is 0 Å². The molecule has 0 amide bonds. The Morgan fingerprint density at radius 3 is 2.80 bits per heavy atom. The molecule has 0 bridgehead atoms. The van der Waals surface area contributed by atoms with Crippen LogP contribution in [0, 0.1) is 0 Å². The minimum Gasteiger partial charge on any atom is -0.508 e. The van der Waals surface area contributed by atoms with Gasteiger partial charge in [0.1, 0.15) is 11.5 Å². The van der Waals surface area contributed by atoms with Crippen LogP contribution in [0.25, 0.3) is 35.1 Å². The molecule has 0 fully saturated rings. The van der Waals surface area contributed by atoms with Crippen LogP contribution in [-0.2, 0) is 0 Å². The first kappa shape index (κ1) is 9.21. The van der Waals surface area contributed by atoms with Gasteiger partial charge >= 0.3 is 0 Å². The second-order valence-electron chi connectivity index (χ2n) is 4.96. The summed E-state index contributed by atoms with van der Waals surface area (Å²) in [4.78, 5) is 0. The van der Waals surface area contributed by atoms with Crippen LogP contribution in [0.1, 0.15) is 5.56 Å². The third-order valence-electron chi connectivity index (χ3n) is 3.79. The van der Waals surface area contributed by atoms with E-state index in [2.05, 4.69) is 17.2 Å². The van der Waals surface area contributed by atoms with Crippen molar-refractivity contribution in [3.05, 3.63) is 65.1 Å². The number of aromatic hydroxyl groups is 1. The van der Waals surface area contributed by atoms with E-state index in [1.54, 1.807) is 12.2 Å². The van der Waals surface area contributed by atoms with E-state index in [0.717, 1.165) is 32.3 Å². The number of rotatable bonds is 2. The number of phenols is 1. The second-order valence-corrected chi connectivity index (χ2v) is 4.96. The average molecular weight is 262 g/mol. The molecule has 2 nitrogen and oxygen atoms in total. The van der Waals surface area contributed by atoms with Gasteiger partial charge in [0.15, 0.2) is 0 Å². The summed E-state index contributed by atoms with van der Waals surface area (Å²) in [5.41, 5.74) is 1.01. The van der Waals surface area contributed by atoms with Crippen LogP contribution in [0.3, 0.4) is 0 Å². The molecule has 1 aliphatic carbocycles. The second kappa shape index (κ2) is 3.87. The molecular formula is C18H12O2. The zero-order valence-corrected chi connectivity index (χ0v) is 10.6. The molecule has 0 aliphatic heterocycles. The Bertz CT molecular complexity index is 1000. The van der Waals surface area contributed by atoms with Gasteiger partial charge < -0.3 is 10.2 Å². The fourth-order valence-corrected chi connectivity index (χ4v) is 2.86. The predicted molar refractivity (Wildman–Crippen MR) is 82.5 cm³/mol. The van der Waals surface area contributed by atoms with Gasteiger partial charge in [-0.25, -0.2) is 0 Å². The topological polar surface area (TPSA) is 40.5 Å². The van der Waals surface area contributed by atoms with Gasteiger partial charge in [-0.3, -0.25) is 0 Å². The molecule has 0 saturated carbocycles. The molecule has 0 radical (unpaired) electrons. The van der Waals surface area contributed by atoms with E-state index in [0.29, 0.717) is 11.5 Å². The molecule has 2 N–H and O–H groups in total. The molecule has 0 saturated heterocycles. The summed E-state index contributed by atoms with van der Waals surface area (Å²) < 4.78 is 14.3. The van der Waals surface area contributed by atoms with E-state index in [4.69, 9.17) is 7.97 Å². The molecule has 1 aliphatic rings. The third-order valence-corrected chi connectivity index (χ3v) is 3.79. The first-order chi connectivity index (χ1) is 10.8. The minimum atomic E-state index is 0.482. The first-order valence-corrected chi connectivity index (χ1v) is 6.46. The van der Waals surface area contributed by atoms with Gasteiger partial charge in [0, 0.05) is 10.8 Å². The van der Waals surface area contributed by atoms with Crippen molar-refractivity contribution in [3.63, 3.8) is 0 Å². The summed E-state index contributed by atoms with van der Waals surface area (Å²) in [6.07, 6.45) is 7.43. The van der Waals surface area contributed by atoms with E-state index in [1.165, 1.54) is 0 Å². The summed E-state index contributed by atoms with van der Waals surface area (Å²) in [5, 5.41) is 14.6. The zero-order valence-electron chi connectivity index (χ0n) is 12.6. The highest BCUT2D eigenvalue weighted by atomic mass is 16.3. The minimum absolute atomic E-state index is 0.482. The third kappa shape index (κ3) is 1.45. The van der Waals surface area contributed by atoms with Gasteiger partial charge in [0.05, 0.1) is 0 Å². The largest absolute Gasteiger partial charge is 0.508 e. The summed E-state index contributed by atoms with van der Waals surface area (Å²) in [5.74, 6) is 1.02. The van der Waals surface area contributed by atoms with Crippen molar-refractivity contribution in [2.45, 2.75) is 0 Å².